The van der Waals surface area contributed by atoms with Crippen LogP contribution in [-0.4, -0.2) is 48.1 Å². The van der Waals surface area contributed by atoms with E-state index in [0.29, 0.717) is 23.6 Å². The van der Waals surface area contributed by atoms with Crippen molar-refractivity contribution in [3.05, 3.63) is 29.6 Å². The van der Waals surface area contributed by atoms with Gasteiger partial charge in [-0.2, -0.15) is 4.31 Å². The number of benzene rings is 1. The molecule has 0 radical (unpaired) electrons. The maximum absolute atomic E-state index is 13.7. The number of rotatable bonds is 5. The van der Waals surface area contributed by atoms with Crippen molar-refractivity contribution in [1.82, 2.24) is 9.62 Å². The first-order valence-corrected chi connectivity index (χ1v) is 9.72. The number of sulfonamides is 1. The van der Waals surface area contributed by atoms with E-state index in [4.69, 9.17) is 0 Å². The van der Waals surface area contributed by atoms with Gasteiger partial charge in [0.15, 0.2) is 0 Å². The molecular formula is C13H19FN2O3S2. The summed E-state index contributed by atoms with van der Waals surface area (Å²) >= 11 is 0. The van der Waals surface area contributed by atoms with E-state index < -0.39 is 26.6 Å². The van der Waals surface area contributed by atoms with Gasteiger partial charge in [0.2, 0.25) is 10.0 Å². The van der Waals surface area contributed by atoms with E-state index in [1.165, 1.54) is 22.5 Å². The Balaban J connectivity index is 2.25. The molecule has 1 aliphatic rings. The predicted octanol–water partition coefficient (Wildman–Crippen LogP) is 0.688. The highest BCUT2D eigenvalue weighted by atomic mass is 32.2. The van der Waals surface area contributed by atoms with Crippen LogP contribution in [0.2, 0.25) is 0 Å². The van der Waals surface area contributed by atoms with Gasteiger partial charge in [0, 0.05) is 47.5 Å². The molecule has 1 aromatic rings. The second-order valence-electron chi connectivity index (χ2n) is 4.79. The highest BCUT2D eigenvalue weighted by Gasteiger charge is 2.28. The van der Waals surface area contributed by atoms with Gasteiger partial charge in [0.05, 0.1) is 4.90 Å². The van der Waals surface area contributed by atoms with Crippen LogP contribution < -0.4 is 5.32 Å². The highest BCUT2D eigenvalue weighted by molar-refractivity contribution is 7.89. The first kappa shape index (κ1) is 16.5. The number of hydrogen-bond acceptors (Lipinski definition) is 4. The Kier molecular flexibility index (Phi) is 5.48. The maximum atomic E-state index is 13.7. The fourth-order valence-corrected chi connectivity index (χ4v) is 4.89. The van der Waals surface area contributed by atoms with Gasteiger partial charge >= 0.3 is 0 Å². The van der Waals surface area contributed by atoms with Crippen molar-refractivity contribution in [2.24, 2.45) is 0 Å². The van der Waals surface area contributed by atoms with E-state index in [1.54, 1.807) is 0 Å². The molecule has 0 saturated carbocycles. The monoisotopic (exact) mass is 334 g/mol. The summed E-state index contributed by atoms with van der Waals surface area (Å²) in [4.78, 5) is 0.0875. The third kappa shape index (κ3) is 3.88. The fraction of sp³-hybridized carbons (Fsp3) is 0.538. The molecule has 8 heteroatoms. The molecule has 0 bridgehead atoms. The van der Waals surface area contributed by atoms with Crippen molar-refractivity contribution >= 4 is 20.8 Å². The number of halogens is 1. The largest absolute Gasteiger partial charge is 0.313 e. The molecule has 2 rings (SSSR count). The quantitative estimate of drug-likeness (QED) is 0.860. The fourth-order valence-electron chi connectivity index (χ4n) is 2.12. The van der Waals surface area contributed by atoms with E-state index in [9.17, 15) is 17.0 Å². The molecule has 118 valence electrons. The minimum Gasteiger partial charge on any atom is -0.313 e. The lowest BCUT2D eigenvalue weighted by Gasteiger charge is -2.25. The lowest BCUT2D eigenvalue weighted by atomic mass is 10.2. The molecule has 1 aromatic carbocycles. The van der Waals surface area contributed by atoms with E-state index in [2.05, 4.69) is 5.32 Å². The van der Waals surface area contributed by atoms with Gasteiger partial charge in [0.25, 0.3) is 0 Å². The zero-order valence-electron chi connectivity index (χ0n) is 11.8. The van der Waals surface area contributed by atoms with Crippen molar-refractivity contribution in [3.8, 4) is 0 Å². The van der Waals surface area contributed by atoms with E-state index >= 15 is 0 Å². The molecule has 0 aliphatic carbocycles. The number of nitrogens with zero attached hydrogens (tertiary/aromatic N) is 1. The zero-order chi connectivity index (χ0) is 15.5. The second kappa shape index (κ2) is 6.95. The van der Waals surface area contributed by atoms with Crippen LogP contribution in [0, 0.1) is 5.82 Å². The van der Waals surface area contributed by atoms with Crippen LogP contribution in [0.25, 0.3) is 0 Å². The van der Waals surface area contributed by atoms with Crippen LogP contribution in [0.15, 0.2) is 23.1 Å². The Labute approximate surface area is 127 Å². The van der Waals surface area contributed by atoms with Crippen LogP contribution >= 0.6 is 0 Å². The second-order valence-corrected chi connectivity index (χ2v) is 8.42. The minimum absolute atomic E-state index is 0.0875. The van der Waals surface area contributed by atoms with Gasteiger partial charge < -0.3 is 5.32 Å². The molecule has 0 atom stereocenters. The summed E-state index contributed by atoms with van der Waals surface area (Å²) in [6, 6.07) is 3.84. The first-order chi connectivity index (χ1) is 9.95. The van der Waals surface area contributed by atoms with Crippen molar-refractivity contribution in [2.75, 3.05) is 31.1 Å². The van der Waals surface area contributed by atoms with Gasteiger partial charge in [-0.05, 0) is 24.7 Å². The van der Waals surface area contributed by atoms with Crippen LogP contribution in [-0.2, 0) is 27.4 Å². The summed E-state index contributed by atoms with van der Waals surface area (Å²) in [6.07, 6.45) is 0. The van der Waals surface area contributed by atoms with E-state index in [-0.39, 0.29) is 24.5 Å². The van der Waals surface area contributed by atoms with Gasteiger partial charge in [-0.1, -0.05) is 6.92 Å². The molecule has 5 nitrogen and oxygen atoms in total. The predicted molar refractivity (Wildman–Crippen MR) is 80.4 cm³/mol. The van der Waals surface area contributed by atoms with Crippen molar-refractivity contribution in [2.45, 2.75) is 18.4 Å². The molecule has 0 aromatic heterocycles. The topological polar surface area (TPSA) is 66.5 Å². The Morgan fingerprint density at radius 2 is 2.00 bits per heavy atom. The standard InChI is InChI=1S/C13H19FN2O3S2/c1-2-15-10-11-9-12(3-4-13(11)14)21(18,19)16-5-7-20(17)8-6-16/h3-4,9,15H,2,5-8,10H2,1H3. The summed E-state index contributed by atoms with van der Waals surface area (Å²) in [5.41, 5.74) is 0.332. The average molecular weight is 334 g/mol. The number of hydrogen-bond donors (Lipinski definition) is 1. The normalized spacial score (nSPS) is 18.0. The Morgan fingerprint density at radius 3 is 2.62 bits per heavy atom. The lowest BCUT2D eigenvalue weighted by Crippen LogP contribution is -2.41. The first-order valence-electron chi connectivity index (χ1n) is 6.79. The van der Waals surface area contributed by atoms with E-state index in [1.807, 2.05) is 6.92 Å². The molecule has 21 heavy (non-hydrogen) atoms. The van der Waals surface area contributed by atoms with Gasteiger partial charge in [0.1, 0.15) is 5.82 Å². The third-order valence-corrected chi connectivity index (χ3v) is 6.53. The van der Waals surface area contributed by atoms with Crippen LogP contribution in [0.4, 0.5) is 4.39 Å². The molecule has 1 aliphatic heterocycles. The summed E-state index contributed by atoms with van der Waals surface area (Å²) in [5.74, 6) is 0.282. The zero-order valence-corrected chi connectivity index (χ0v) is 13.5. The summed E-state index contributed by atoms with van der Waals surface area (Å²) in [7, 11) is -4.59. The summed E-state index contributed by atoms with van der Waals surface area (Å²) in [5, 5.41) is 2.98. The molecule has 0 unspecified atom stereocenters. The summed E-state index contributed by atoms with van der Waals surface area (Å²) < 4.78 is 51.4. The van der Waals surface area contributed by atoms with Gasteiger partial charge in [-0.3, -0.25) is 4.21 Å². The van der Waals surface area contributed by atoms with Crippen LogP contribution in [0.3, 0.4) is 0 Å². The van der Waals surface area contributed by atoms with Gasteiger partial charge in [-0.15, -0.1) is 0 Å². The van der Waals surface area contributed by atoms with Crippen molar-refractivity contribution in [1.29, 1.82) is 0 Å². The molecule has 1 saturated heterocycles. The molecular weight excluding hydrogens is 315 g/mol. The Bertz CT molecular complexity index is 624. The van der Waals surface area contributed by atoms with Crippen molar-refractivity contribution in [3.63, 3.8) is 0 Å². The summed E-state index contributed by atoms with van der Waals surface area (Å²) in [6.45, 7) is 3.35. The smallest absolute Gasteiger partial charge is 0.243 e. The SMILES string of the molecule is CCNCc1cc(S(=O)(=O)N2CCS(=O)CC2)ccc1F. The Hall–Kier alpha value is -0.830. The van der Waals surface area contributed by atoms with Gasteiger partial charge in [-0.25, -0.2) is 12.8 Å². The molecule has 1 heterocycles. The molecule has 0 spiro atoms. The third-order valence-electron chi connectivity index (χ3n) is 3.36. The molecule has 1 fully saturated rings. The molecule has 0 amide bonds. The maximum Gasteiger partial charge on any atom is 0.243 e. The minimum atomic E-state index is -3.65. The Morgan fingerprint density at radius 1 is 1.33 bits per heavy atom. The average Bonchev–Trinajstić information content (AvgIpc) is 2.46. The van der Waals surface area contributed by atoms with Crippen LogP contribution in [0.1, 0.15) is 12.5 Å². The van der Waals surface area contributed by atoms with E-state index in [0.717, 1.165) is 0 Å². The lowest BCUT2D eigenvalue weighted by molar-refractivity contribution is 0.438. The van der Waals surface area contributed by atoms with Crippen molar-refractivity contribution < 1.29 is 17.0 Å². The number of nitrogens with one attached hydrogen (secondary N) is 1. The highest BCUT2D eigenvalue weighted by Crippen LogP contribution is 2.20. The van der Waals surface area contributed by atoms with Crippen LogP contribution in [0.5, 0.6) is 0 Å². The molecule has 1 N–H and O–H groups in total.